The first-order valence-corrected chi connectivity index (χ1v) is 8.01. The molecule has 112 valence electrons. The summed E-state index contributed by atoms with van der Waals surface area (Å²) in [5, 5.41) is 12.1. The average molecular weight is 296 g/mol. The molecule has 20 heavy (non-hydrogen) atoms. The first kappa shape index (κ1) is 15.8. The van der Waals surface area contributed by atoms with Crippen LogP contribution in [-0.2, 0) is 12.0 Å². The molecule has 1 aliphatic rings. The number of aryl methyl sites for hydroxylation is 1. The molecule has 0 saturated heterocycles. The quantitative estimate of drug-likeness (QED) is 0.912. The molecule has 2 nitrogen and oxygen atoms in total. The molecule has 0 bridgehead atoms. The maximum absolute atomic E-state index is 11.3. The van der Waals surface area contributed by atoms with Crippen molar-refractivity contribution in [2.24, 2.45) is 5.92 Å². The summed E-state index contributed by atoms with van der Waals surface area (Å²) in [6, 6.07) is 6.06. The van der Waals surface area contributed by atoms with Gasteiger partial charge in [-0.05, 0) is 50.6 Å². The lowest BCUT2D eigenvalue weighted by Crippen LogP contribution is -2.43. The highest BCUT2D eigenvalue weighted by Crippen LogP contribution is 2.42. The fourth-order valence-corrected chi connectivity index (χ4v) is 3.66. The molecule has 1 aromatic carbocycles. The number of hydrogen-bond donors (Lipinski definition) is 1. The monoisotopic (exact) mass is 295 g/mol. The van der Waals surface area contributed by atoms with Crippen LogP contribution in [0.3, 0.4) is 0 Å². The fourth-order valence-electron chi connectivity index (χ4n) is 3.41. The van der Waals surface area contributed by atoms with Gasteiger partial charge in [0.25, 0.3) is 0 Å². The van der Waals surface area contributed by atoms with Crippen molar-refractivity contribution in [3.8, 4) is 0 Å². The lowest BCUT2D eigenvalue weighted by Gasteiger charge is -2.42. The third-order valence-electron chi connectivity index (χ3n) is 4.55. The summed E-state index contributed by atoms with van der Waals surface area (Å²) >= 11 is 6.21. The Bertz CT molecular complexity index is 460. The molecule has 0 radical (unpaired) electrons. The van der Waals surface area contributed by atoms with E-state index in [9.17, 15) is 5.11 Å². The SMILES string of the molecule is CCc1cc([C@@]2(O)CCCC[C@@H]2CN(C)C)ccc1Cl. The predicted octanol–water partition coefficient (Wildman–Crippen LogP) is 3.84. The van der Waals surface area contributed by atoms with E-state index < -0.39 is 5.60 Å². The van der Waals surface area contributed by atoms with Crippen molar-refractivity contribution in [3.63, 3.8) is 0 Å². The average Bonchev–Trinajstić information content (AvgIpc) is 2.41. The van der Waals surface area contributed by atoms with Gasteiger partial charge in [0.2, 0.25) is 0 Å². The Hall–Kier alpha value is -0.570. The van der Waals surface area contributed by atoms with Crippen molar-refractivity contribution >= 4 is 11.6 Å². The van der Waals surface area contributed by atoms with E-state index in [1.54, 1.807) is 0 Å². The van der Waals surface area contributed by atoms with Crippen LogP contribution in [0.5, 0.6) is 0 Å². The molecule has 2 rings (SSSR count). The number of nitrogens with zero attached hydrogens (tertiary/aromatic N) is 1. The highest BCUT2D eigenvalue weighted by atomic mass is 35.5. The van der Waals surface area contributed by atoms with Crippen molar-refractivity contribution in [1.82, 2.24) is 4.90 Å². The van der Waals surface area contributed by atoms with Gasteiger partial charge in [-0.3, -0.25) is 0 Å². The second kappa shape index (κ2) is 6.46. The Labute approximate surface area is 127 Å². The van der Waals surface area contributed by atoms with Gasteiger partial charge in [0.15, 0.2) is 0 Å². The molecule has 3 heteroatoms. The smallest absolute Gasteiger partial charge is 0.0936 e. The van der Waals surface area contributed by atoms with Gasteiger partial charge < -0.3 is 10.0 Å². The molecule has 1 N–H and O–H groups in total. The van der Waals surface area contributed by atoms with Crippen LogP contribution in [0, 0.1) is 5.92 Å². The molecule has 0 heterocycles. The minimum atomic E-state index is -0.697. The third kappa shape index (κ3) is 3.19. The Kier molecular flexibility index (Phi) is 5.11. The van der Waals surface area contributed by atoms with Gasteiger partial charge in [0.05, 0.1) is 5.60 Å². The lowest BCUT2D eigenvalue weighted by molar-refractivity contribution is -0.0619. The largest absolute Gasteiger partial charge is 0.385 e. The van der Waals surface area contributed by atoms with Crippen LogP contribution in [0.1, 0.15) is 43.7 Å². The first-order valence-electron chi connectivity index (χ1n) is 7.63. The molecular formula is C17H26ClNO. The topological polar surface area (TPSA) is 23.5 Å². The number of rotatable bonds is 4. The zero-order valence-electron chi connectivity index (χ0n) is 12.8. The molecule has 0 spiro atoms. The molecule has 0 aromatic heterocycles. The van der Waals surface area contributed by atoms with Gasteiger partial charge in [-0.25, -0.2) is 0 Å². The number of aliphatic hydroxyl groups is 1. The lowest BCUT2D eigenvalue weighted by atomic mass is 9.71. The van der Waals surface area contributed by atoms with Crippen molar-refractivity contribution in [2.75, 3.05) is 20.6 Å². The number of halogens is 1. The molecular weight excluding hydrogens is 270 g/mol. The Balaban J connectivity index is 2.34. The summed E-state index contributed by atoms with van der Waals surface area (Å²) in [4.78, 5) is 2.18. The van der Waals surface area contributed by atoms with Crippen LogP contribution in [0.4, 0.5) is 0 Å². The maximum Gasteiger partial charge on any atom is 0.0936 e. The molecule has 1 fully saturated rings. The Morgan fingerprint density at radius 3 is 2.75 bits per heavy atom. The van der Waals surface area contributed by atoms with Crippen molar-refractivity contribution in [3.05, 3.63) is 34.3 Å². The van der Waals surface area contributed by atoms with Gasteiger partial charge in [-0.2, -0.15) is 0 Å². The zero-order valence-corrected chi connectivity index (χ0v) is 13.6. The second-order valence-corrected chi connectivity index (χ2v) is 6.70. The van der Waals surface area contributed by atoms with Gasteiger partial charge >= 0.3 is 0 Å². The van der Waals surface area contributed by atoms with E-state index in [-0.39, 0.29) is 0 Å². The normalized spacial score (nSPS) is 27.0. The van der Waals surface area contributed by atoms with Crippen LogP contribution in [0.2, 0.25) is 5.02 Å². The number of benzene rings is 1. The van der Waals surface area contributed by atoms with E-state index in [1.807, 2.05) is 12.1 Å². The van der Waals surface area contributed by atoms with Gasteiger partial charge in [-0.1, -0.05) is 43.5 Å². The van der Waals surface area contributed by atoms with Gasteiger partial charge in [-0.15, -0.1) is 0 Å². The minimum Gasteiger partial charge on any atom is -0.385 e. The summed E-state index contributed by atoms with van der Waals surface area (Å²) < 4.78 is 0. The minimum absolute atomic E-state index is 0.303. The van der Waals surface area contributed by atoms with Crippen LogP contribution in [0.25, 0.3) is 0 Å². The van der Waals surface area contributed by atoms with E-state index in [0.717, 1.165) is 48.4 Å². The third-order valence-corrected chi connectivity index (χ3v) is 4.92. The summed E-state index contributed by atoms with van der Waals surface area (Å²) in [7, 11) is 4.16. The maximum atomic E-state index is 11.3. The first-order chi connectivity index (χ1) is 9.47. The van der Waals surface area contributed by atoms with E-state index in [4.69, 9.17) is 11.6 Å². The van der Waals surface area contributed by atoms with E-state index >= 15 is 0 Å². The van der Waals surface area contributed by atoms with Crippen LogP contribution >= 0.6 is 11.6 Å². The van der Waals surface area contributed by atoms with Crippen molar-refractivity contribution < 1.29 is 5.11 Å². The standard InChI is InChI=1S/C17H26ClNO/c1-4-13-11-14(8-9-16(13)18)17(20)10-6-5-7-15(17)12-19(2)3/h8-9,11,15,20H,4-7,10,12H2,1-3H3/t15-,17+/m1/s1. The van der Waals surface area contributed by atoms with Crippen LogP contribution in [0.15, 0.2) is 18.2 Å². The highest BCUT2D eigenvalue weighted by Gasteiger charge is 2.40. The second-order valence-electron chi connectivity index (χ2n) is 6.29. The van der Waals surface area contributed by atoms with E-state index in [2.05, 4.69) is 32.0 Å². The number of hydrogen-bond acceptors (Lipinski definition) is 2. The zero-order chi connectivity index (χ0) is 14.8. The Morgan fingerprint density at radius 2 is 2.10 bits per heavy atom. The van der Waals surface area contributed by atoms with Crippen molar-refractivity contribution in [1.29, 1.82) is 0 Å². The summed E-state index contributed by atoms with van der Waals surface area (Å²) in [6.45, 7) is 3.04. The molecule has 0 amide bonds. The molecule has 1 aromatic rings. The highest BCUT2D eigenvalue weighted by molar-refractivity contribution is 6.31. The summed E-state index contributed by atoms with van der Waals surface area (Å²) in [6.07, 6.45) is 5.18. The molecule has 2 atom stereocenters. The molecule has 1 aliphatic carbocycles. The predicted molar refractivity (Wildman–Crippen MR) is 85.2 cm³/mol. The van der Waals surface area contributed by atoms with E-state index in [1.165, 1.54) is 6.42 Å². The van der Waals surface area contributed by atoms with Crippen molar-refractivity contribution in [2.45, 2.75) is 44.6 Å². The summed E-state index contributed by atoms with van der Waals surface area (Å²) in [5.74, 6) is 0.303. The van der Waals surface area contributed by atoms with Gasteiger partial charge in [0.1, 0.15) is 0 Å². The summed E-state index contributed by atoms with van der Waals surface area (Å²) in [5.41, 5.74) is 1.48. The van der Waals surface area contributed by atoms with E-state index in [0.29, 0.717) is 5.92 Å². The van der Waals surface area contributed by atoms with Gasteiger partial charge in [0, 0.05) is 17.5 Å². The molecule has 0 aliphatic heterocycles. The van der Waals surface area contributed by atoms with Crippen LogP contribution < -0.4 is 0 Å². The molecule has 0 unspecified atom stereocenters. The molecule has 1 saturated carbocycles. The Morgan fingerprint density at radius 1 is 1.35 bits per heavy atom. The van der Waals surface area contributed by atoms with Crippen LogP contribution in [-0.4, -0.2) is 30.6 Å². The fraction of sp³-hybridized carbons (Fsp3) is 0.647.